The second-order valence-electron chi connectivity index (χ2n) is 6.71. The van der Waals surface area contributed by atoms with Gasteiger partial charge in [-0.2, -0.15) is 5.26 Å². The number of nitrogens with one attached hydrogen (secondary N) is 1. The Morgan fingerprint density at radius 2 is 1.94 bits per heavy atom. The van der Waals surface area contributed by atoms with Crippen molar-refractivity contribution in [3.05, 3.63) is 87.7 Å². The molecule has 32 heavy (non-hydrogen) atoms. The first-order valence-electron chi connectivity index (χ1n) is 9.83. The van der Waals surface area contributed by atoms with Gasteiger partial charge in [0.15, 0.2) is 0 Å². The van der Waals surface area contributed by atoms with Crippen molar-refractivity contribution in [2.75, 3.05) is 19.5 Å². The fourth-order valence-corrected chi connectivity index (χ4v) is 4.24. The Kier molecular flexibility index (Phi) is 7.68. The number of nitriles is 1. The normalized spacial score (nSPS) is 15.6. The highest BCUT2D eigenvalue weighted by molar-refractivity contribution is 8.03. The summed E-state index contributed by atoms with van der Waals surface area (Å²) in [6, 6.07) is 17.0. The first kappa shape index (κ1) is 23.1. The predicted octanol–water partition coefficient (Wildman–Crippen LogP) is 4.13. The van der Waals surface area contributed by atoms with E-state index in [1.165, 1.54) is 25.3 Å². The summed E-state index contributed by atoms with van der Waals surface area (Å²) in [5, 5.41) is 13.6. The van der Waals surface area contributed by atoms with Gasteiger partial charge in [-0.25, -0.2) is 9.18 Å². The molecule has 1 aliphatic heterocycles. The predicted molar refractivity (Wildman–Crippen MR) is 119 cm³/mol. The third-order valence-corrected chi connectivity index (χ3v) is 5.74. The Morgan fingerprint density at radius 1 is 1.19 bits per heavy atom. The highest BCUT2D eigenvalue weighted by Gasteiger charge is 2.37. The van der Waals surface area contributed by atoms with Gasteiger partial charge in [-0.3, -0.25) is 4.79 Å². The van der Waals surface area contributed by atoms with Crippen molar-refractivity contribution in [2.24, 2.45) is 0 Å². The van der Waals surface area contributed by atoms with Crippen LogP contribution in [0.15, 0.2) is 70.8 Å². The van der Waals surface area contributed by atoms with E-state index in [9.17, 15) is 19.2 Å². The lowest BCUT2D eigenvalue weighted by Crippen LogP contribution is -2.29. The van der Waals surface area contributed by atoms with Crippen LogP contribution in [0.3, 0.4) is 0 Å². The van der Waals surface area contributed by atoms with Crippen molar-refractivity contribution in [3.8, 4) is 6.07 Å². The molecule has 0 aromatic heterocycles. The molecule has 2 aromatic carbocycles. The molecule has 1 N–H and O–H groups in total. The molecule has 0 radical (unpaired) electrons. The zero-order valence-electron chi connectivity index (χ0n) is 17.6. The number of dihydropyridines is 1. The second-order valence-corrected chi connectivity index (χ2v) is 7.69. The topological polar surface area (TPSA) is 88.4 Å². The highest BCUT2D eigenvalue weighted by Crippen LogP contribution is 2.43. The molecule has 0 saturated heterocycles. The summed E-state index contributed by atoms with van der Waals surface area (Å²) in [6.07, 6.45) is 0. The number of carbonyl (C=O) groups excluding carboxylic acids is 2. The standard InChI is InChI=1S/C24H21FN2O4S/c1-3-31-24(29)21-20(16-10-7-11-17(25)12-16)18(13-26)23(32-14-19(28)30-2)27-22(21)15-8-5-4-6-9-15/h4-12,20,27H,3,14H2,1-2H3. The van der Waals surface area contributed by atoms with Gasteiger partial charge in [-0.05, 0) is 30.2 Å². The Hall–Kier alpha value is -3.57. The molecule has 1 atom stereocenters. The molecular formula is C24H21FN2O4S. The maximum absolute atomic E-state index is 14.1. The molecule has 8 heteroatoms. The fraction of sp³-hybridized carbons (Fsp3) is 0.208. The molecule has 0 saturated carbocycles. The summed E-state index contributed by atoms with van der Waals surface area (Å²) in [6.45, 7) is 1.82. The molecule has 0 fully saturated rings. The van der Waals surface area contributed by atoms with Gasteiger partial charge in [0.05, 0.1) is 53.3 Å². The molecule has 1 aliphatic rings. The number of nitrogens with zero attached hydrogens (tertiary/aromatic N) is 1. The number of benzene rings is 2. The number of rotatable bonds is 7. The number of methoxy groups -OCH3 is 1. The van der Waals surface area contributed by atoms with Crippen LogP contribution in [0.2, 0.25) is 0 Å². The van der Waals surface area contributed by atoms with Crippen molar-refractivity contribution in [3.63, 3.8) is 0 Å². The van der Waals surface area contributed by atoms with Crippen molar-refractivity contribution >= 4 is 29.4 Å². The molecule has 0 amide bonds. The summed E-state index contributed by atoms with van der Waals surface area (Å²) >= 11 is 1.08. The molecule has 0 aliphatic carbocycles. The third-order valence-electron chi connectivity index (χ3n) is 4.75. The van der Waals surface area contributed by atoms with Crippen LogP contribution in [0.25, 0.3) is 5.70 Å². The van der Waals surface area contributed by atoms with Gasteiger partial charge in [0, 0.05) is 0 Å². The quantitative estimate of drug-likeness (QED) is 0.632. The summed E-state index contributed by atoms with van der Waals surface area (Å²) in [5.41, 5.74) is 1.93. The monoisotopic (exact) mass is 452 g/mol. The largest absolute Gasteiger partial charge is 0.468 e. The fourth-order valence-electron chi connectivity index (χ4n) is 3.37. The van der Waals surface area contributed by atoms with E-state index in [4.69, 9.17) is 9.47 Å². The van der Waals surface area contributed by atoms with Gasteiger partial charge >= 0.3 is 11.9 Å². The number of ether oxygens (including phenoxy) is 2. The number of allylic oxidation sites excluding steroid dienone is 1. The molecule has 0 bridgehead atoms. The van der Waals surface area contributed by atoms with Crippen molar-refractivity contribution < 1.29 is 23.5 Å². The van der Waals surface area contributed by atoms with Crippen LogP contribution in [0, 0.1) is 17.1 Å². The average Bonchev–Trinajstić information content (AvgIpc) is 2.82. The Morgan fingerprint density at radius 3 is 2.56 bits per heavy atom. The van der Waals surface area contributed by atoms with Crippen LogP contribution in [0.4, 0.5) is 4.39 Å². The Bertz CT molecular complexity index is 1120. The van der Waals surface area contributed by atoms with E-state index >= 15 is 0 Å². The van der Waals surface area contributed by atoms with E-state index in [1.54, 1.807) is 13.0 Å². The summed E-state index contributed by atoms with van der Waals surface area (Å²) in [4.78, 5) is 24.8. The molecular weight excluding hydrogens is 431 g/mol. The van der Waals surface area contributed by atoms with Crippen LogP contribution < -0.4 is 5.32 Å². The van der Waals surface area contributed by atoms with Crippen LogP contribution in [0.1, 0.15) is 24.0 Å². The van der Waals surface area contributed by atoms with Gasteiger partial charge in [-0.1, -0.05) is 54.2 Å². The third kappa shape index (κ3) is 5.01. The van der Waals surface area contributed by atoms with Crippen LogP contribution in [-0.4, -0.2) is 31.4 Å². The van der Waals surface area contributed by atoms with Gasteiger partial charge in [0.2, 0.25) is 0 Å². The molecule has 164 valence electrons. The lowest BCUT2D eigenvalue weighted by molar-refractivity contribution is -0.139. The van der Waals surface area contributed by atoms with E-state index in [-0.39, 0.29) is 23.5 Å². The number of hydrogen-bond acceptors (Lipinski definition) is 7. The zero-order chi connectivity index (χ0) is 23.1. The first-order valence-corrected chi connectivity index (χ1v) is 10.8. The van der Waals surface area contributed by atoms with E-state index in [0.717, 1.165) is 11.8 Å². The minimum Gasteiger partial charge on any atom is -0.468 e. The molecule has 6 nitrogen and oxygen atoms in total. The maximum Gasteiger partial charge on any atom is 0.337 e. The van der Waals surface area contributed by atoms with Crippen LogP contribution in [0.5, 0.6) is 0 Å². The number of hydrogen-bond donors (Lipinski definition) is 1. The maximum atomic E-state index is 14.1. The van der Waals surface area contributed by atoms with Gasteiger partial charge in [0.1, 0.15) is 5.82 Å². The van der Waals surface area contributed by atoms with Gasteiger partial charge < -0.3 is 14.8 Å². The number of thioether (sulfide) groups is 1. The molecule has 2 aromatic rings. The Balaban J connectivity index is 2.25. The van der Waals surface area contributed by atoms with Crippen molar-refractivity contribution in [1.82, 2.24) is 5.32 Å². The van der Waals surface area contributed by atoms with Gasteiger partial charge in [0.25, 0.3) is 0 Å². The van der Waals surface area contributed by atoms with E-state index < -0.39 is 23.7 Å². The van der Waals surface area contributed by atoms with Crippen molar-refractivity contribution in [2.45, 2.75) is 12.8 Å². The Labute approximate surface area is 189 Å². The number of halogens is 1. The molecule has 0 spiro atoms. The minimum absolute atomic E-state index is 0.0449. The molecule has 3 rings (SSSR count). The van der Waals surface area contributed by atoms with E-state index in [1.807, 2.05) is 30.3 Å². The lowest BCUT2D eigenvalue weighted by atomic mass is 9.81. The van der Waals surface area contributed by atoms with E-state index in [2.05, 4.69) is 11.4 Å². The zero-order valence-corrected chi connectivity index (χ0v) is 18.4. The lowest BCUT2D eigenvalue weighted by Gasteiger charge is -2.30. The average molecular weight is 453 g/mol. The molecule has 1 unspecified atom stereocenters. The number of esters is 2. The van der Waals surface area contributed by atoms with Gasteiger partial charge in [-0.15, -0.1) is 0 Å². The first-order chi connectivity index (χ1) is 15.5. The summed E-state index contributed by atoms with van der Waals surface area (Å²) < 4.78 is 24.2. The smallest absolute Gasteiger partial charge is 0.337 e. The molecule has 1 heterocycles. The minimum atomic E-state index is -0.883. The van der Waals surface area contributed by atoms with Crippen LogP contribution in [-0.2, 0) is 19.1 Å². The highest BCUT2D eigenvalue weighted by atomic mass is 32.2. The summed E-state index contributed by atoms with van der Waals surface area (Å²) in [5.74, 6) is -2.50. The second kappa shape index (κ2) is 10.6. The van der Waals surface area contributed by atoms with Crippen LogP contribution >= 0.6 is 11.8 Å². The van der Waals surface area contributed by atoms with Crippen molar-refractivity contribution in [1.29, 1.82) is 5.26 Å². The SMILES string of the molecule is CCOC(=O)C1=C(c2ccccc2)NC(SCC(=O)OC)=C(C#N)C1c1cccc(F)c1. The van der Waals surface area contributed by atoms with E-state index in [0.29, 0.717) is 21.9 Å². The number of carbonyl (C=O) groups is 2. The summed E-state index contributed by atoms with van der Waals surface area (Å²) in [7, 11) is 1.28.